The van der Waals surface area contributed by atoms with Crippen molar-refractivity contribution in [1.82, 2.24) is 0 Å². The van der Waals surface area contributed by atoms with Crippen LogP contribution in [0.4, 0.5) is 19.3 Å². The van der Waals surface area contributed by atoms with Crippen LogP contribution in [0.3, 0.4) is 0 Å². The van der Waals surface area contributed by atoms with Gasteiger partial charge in [-0.25, -0.2) is 13.6 Å². The average Bonchev–Trinajstić information content (AvgIpc) is 2.30. The van der Waals surface area contributed by atoms with Gasteiger partial charge < -0.3 is 10.5 Å². The van der Waals surface area contributed by atoms with E-state index in [1.807, 2.05) is 0 Å². The third-order valence-corrected chi connectivity index (χ3v) is 2.69. The predicted molar refractivity (Wildman–Crippen MR) is 79.0 cm³/mol. The number of alkyl halides is 2. The number of carbonyl (C=O) groups is 1. The molecule has 0 spiro atoms. The van der Waals surface area contributed by atoms with E-state index in [1.165, 1.54) is 18.2 Å². The minimum absolute atomic E-state index is 0.198. The molecule has 0 heterocycles. The second-order valence-electron chi connectivity index (χ2n) is 5.67. The maximum Gasteiger partial charge on any atom is 0.412 e. The van der Waals surface area contributed by atoms with Crippen LogP contribution >= 0.6 is 11.6 Å². The summed E-state index contributed by atoms with van der Waals surface area (Å²) in [5.74, 6) is -3.07. The number of amides is 1. The first kappa shape index (κ1) is 17.7. The molecule has 1 amide bonds. The lowest BCUT2D eigenvalue weighted by Gasteiger charge is -2.21. The second-order valence-corrected chi connectivity index (χ2v) is 6.10. The summed E-state index contributed by atoms with van der Waals surface area (Å²) in [6, 6.07) is 4.32. The second kappa shape index (κ2) is 6.58. The molecule has 0 aromatic heterocycles. The number of carbonyl (C=O) groups excluding carboxylic acids is 1. The van der Waals surface area contributed by atoms with Gasteiger partial charge in [-0.15, -0.1) is 0 Å². The fourth-order valence-corrected chi connectivity index (χ4v) is 1.79. The Hall–Kier alpha value is -1.40. The van der Waals surface area contributed by atoms with Crippen LogP contribution in [-0.4, -0.2) is 24.2 Å². The van der Waals surface area contributed by atoms with E-state index in [4.69, 9.17) is 22.1 Å². The van der Waals surface area contributed by atoms with Crippen LogP contribution in [0, 0.1) is 0 Å². The molecule has 0 aliphatic heterocycles. The maximum atomic E-state index is 13.4. The number of hydrogen-bond donors (Lipinski definition) is 2. The summed E-state index contributed by atoms with van der Waals surface area (Å²) < 4.78 is 32.0. The first-order chi connectivity index (χ1) is 9.52. The summed E-state index contributed by atoms with van der Waals surface area (Å²) in [4.78, 5) is 11.7. The highest BCUT2D eigenvalue weighted by Crippen LogP contribution is 2.27. The molecule has 7 heteroatoms. The highest BCUT2D eigenvalue weighted by molar-refractivity contribution is 6.30. The van der Waals surface area contributed by atoms with Crippen molar-refractivity contribution in [3.05, 3.63) is 28.8 Å². The van der Waals surface area contributed by atoms with Crippen LogP contribution in [0.2, 0.25) is 5.02 Å². The van der Waals surface area contributed by atoms with Crippen LogP contribution in [0.5, 0.6) is 0 Å². The van der Waals surface area contributed by atoms with E-state index in [1.54, 1.807) is 20.8 Å². The van der Waals surface area contributed by atoms with Crippen molar-refractivity contribution in [3.8, 4) is 0 Å². The standard InChI is InChI=1S/C14H19ClF2N2O2/c1-13(2,3)21-12(20)19-11-5-4-10(15)6-9(11)7-14(16,17)8-18/h4-6H,7-8,18H2,1-3H3,(H,19,20). The van der Waals surface area contributed by atoms with Crippen molar-refractivity contribution in [2.24, 2.45) is 5.73 Å². The summed E-state index contributed by atoms with van der Waals surface area (Å²) in [5, 5.41) is 2.75. The molecule has 1 aromatic carbocycles. The van der Waals surface area contributed by atoms with E-state index in [-0.39, 0.29) is 11.3 Å². The monoisotopic (exact) mass is 320 g/mol. The number of ether oxygens (including phenoxy) is 1. The molecular formula is C14H19ClF2N2O2. The first-order valence-electron chi connectivity index (χ1n) is 6.39. The van der Waals surface area contributed by atoms with E-state index in [0.717, 1.165) is 0 Å². The smallest absolute Gasteiger partial charge is 0.412 e. The number of nitrogens with two attached hydrogens (primary N) is 1. The van der Waals surface area contributed by atoms with Crippen LogP contribution in [0.15, 0.2) is 18.2 Å². The van der Waals surface area contributed by atoms with E-state index < -0.39 is 30.6 Å². The quantitative estimate of drug-likeness (QED) is 0.886. The third-order valence-electron chi connectivity index (χ3n) is 2.45. The molecule has 0 saturated heterocycles. The summed E-state index contributed by atoms with van der Waals surface area (Å²) >= 11 is 5.81. The number of halogens is 3. The van der Waals surface area contributed by atoms with Gasteiger partial charge in [-0.2, -0.15) is 0 Å². The SMILES string of the molecule is CC(C)(C)OC(=O)Nc1ccc(Cl)cc1CC(F)(F)CN. The van der Waals surface area contributed by atoms with Gasteiger partial charge in [-0.05, 0) is 44.5 Å². The number of rotatable bonds is 4. The molecule has 4 nitrogen and oxygen atoms in total. The van der Waals surface area contributed by atoms with Crippen molar-refractivity contribution in [1.29, 1.82) is 0 Å². The highest BCUT2D eigenvalue weighted by Gasteiger charge is 2.29. The Morgan fingerprint density at radius 1 is 1.38 bits per heavy atom. The summed E-state index contributed by atoms with van der Waals surface area (Å²) in [6.07, 6.45) is -1.34. The number of nitrogens with one attached hydrogen (secondary N) is 1. The molecular weight excluding hydrogens is 302 g/mol. The van der Waals surface area contributed by atoms with Gasteiger partial charge in [0.15, 0.2) is 0 Å². The zero-order valence-electron chi connectivity index (χ0n) is 12.2. The lowest BCUT2D eigenvalue weighted by Crippen LogP contribution is -2.31. The number of hydrogen-bond acceptors (Lipinski definition) is 3. The number of anilines is 1. The summed E-state index contributed by atoms with van der Waals surface area (Å²) in [6.45, 7) is 4.33. The fourth-order valence-electron chi connectivity index (χ4n) is 1.59. The van der Waals surface area contributed by atoms with Crippen LogP contribution in [-0.2, 0) is 11.2 Å². The van der Waals surface area contributed by atoms with Crippen molar-refractivity contribution in [2.75, 3.05) is 11.9 Å². The first-order valence-corrected chi connectivity index (χ1v) is 6.76. The van der Waals surface area contributed by atoms with Gasteiger partial charge in [0.05, 0.1) is 6.54 Å². The van der Waals surface area contributed by atoms with Crippen LogP contribution in [0.1, 0.15) is 26.3 Å². The molecule has 0 radical (unpaired) electrons. The molecule has 0 fully saturated rings. The molecule has 0 atom stereocenters. The van der Waals surface area contributed by atoms with E-state index >= 15 is 0 Å². The Labute approximate surface area is 127 Å². The summed E-state index contributed by atoms with van der Waals surface area (Å²) in [7, 11) is 0. The largest absolute Gasteiger partial charge is 0.444 e. The predicted octanol–water partition coefficient (Wildman–Crippen LogP) is 3.82. The molecule has 3 N–H and O–H groups in total. The zero-order valence-corrected chi connectivity index (χ0v) is 12.9. The Morgan fingerprint density at radius 3 is 2.52 bits per heavy atom. The van der Waals surface area contributed by atoms with Crippen molar-refractivity contribution in [2.45, 2.75) is 38.7 Å². The van der Waals surface area contributed by atoms with Gasteiger partial charge in [0.1, 0.15) is 5.60 Å². The van der Waals surface area contributed by atoms with Crippen molar-refractivity contribution in [3.63, 3.8) is 0 Å². The molecule has 0 unspecified atom stereocenters. The summed E-state index contributed by atoms with van der Waals surface area (Å²) in [5.41, 5.74) is 4.77. The zero-order chi connectivity index (χ0) is 16.3. The average molecular weight is 321 g/mol. The molecule has 1 rings (SSSR count). The van der Waals surface area contributed by atoms with E-state index in [2.05, 4.69) is 5.32 Å². The molecule has 0 aliphatic carbocycles. The number of benzene rings is 1. The minimum atomic E-state index is -3.07. The van der Waals surface area contributed by atoms with E-state index in [0.29, 0.717) is 5.02 Å². The highest BCUT2D eigenvalue weighted by atomic mass is 35.5. The Bertz CT molecular complexity index is 516. The van der Waals surface area contributed by atoms with Gasteiger partial charge in [-0.1, -0.05) is 11.6 Å². The van der Waals surface area contributed by atoms with Crippen molar-refractivity contribution < 1.29 is 18.3 Å². The van der Waals surface area contributed by atoms with Crippen molar-refractivity contribution >= 4 is 23.4 Å². The maximum absolute atomic E-state index is 13.4. The minimum Gasteiger partial charge on any atom is -0.444 e. The molecule has 118 valence electrons. The molecule has 0 aliphatic rings. The van der Waals surface area contributed by atoms with E-state index in [9.17, 15) is 13.6 Å². The third kappa shape index (κ3) is 6.27. The van der Waals surface area contributed by atoms with Crippen LogP contribution < -0.4 is 11.1 Å². The molecule has 0 bridgehead atoms. The Morgan fingerprint density at radius 2 is 2.00 bits per heavy atom. The van der Waals surface area contributed by atoms with Crippen LogP contribution in [0.25, 0.3) is 0 Å². The topological polar surface area (TPSA) is 64.3 Å². The van der Waals surface area contributed by atoms with Gasteiger partial charge in [0, 0.05) is 17.1 Å². The van der Waals surface area contributed by atoms with Gasteiger partial charge in [0.25, 0.3) is 5.92 Å². The fraction of sp³-hybridized carbons (Fsp3) is 0.500. The Kier molecular flexibility index (Phi) is 5.53. The lowest BCUT2D eigenvalue weighted by atomic mass is 10.0. The van der Waals surface area contributed by atoms with Gasteiger partial charge in [0.2, 0.25) is 0 Å². The Balaban J connectivity index is 2.94. The van der Waals surface area contributed by atoms with Gasteiger partial charge in [-0.3, -0.25) is 5.32 Å². The molecule has 0 saturated carbocycles. The normalized spacial score (nSPS) is 12.1. The van der Waals surface area contributed by atoms with Gasteiger partial charge >= 0.3 is 6.09 Å². The molecule has 1 aromatic rings. The molecule has 21 heavy (non-hydrogen) atoms. The lowest BCUT2D eigenvalue weighted by molar-refractivity contribution is 0.0115.